The van der Waals surface area contributed by atoms with E-state index >= 15 is 0 Å². The van der Waals surface area contributed by atoms with Gasteiger partial charge in [0.05, 0.1) is 6.20 Å². The molecule has 3 saturated carbocycles. The van der Waals surface area contributed by atoms with Crippen LogP contribution >= 0.6 is 0 Å². The Balaban J connectivity index is 1.26. The first kappa shape index (κ1) is 20.9. The van der Waals surface area contributed by atoms with Crippen molar-refractivity contribution in [2.45, 2.75) is 70.1 Å². The minimum Gasteiger partial charge on any atom is -0.384 e. The summed E-state index contributed by atoms with van der Waals surface area (Å²) in [5, 5.41) is 14.3. The first-order valence-corrected chi connectivity index (χ1v) is 11.5. The Hall–Kier alpha value is -2.96. The molecule has 0 atom stereocenters. The van der Waals surface area contributed by atoms with E-state index in [1.54, 1.807) is 12.3 Å². The third-order valence-corrected chi connectivity index (χ3v) is 7.48. The van der Waals surface area contributed by atoms with Gasteiger partial charge in [-0.25, -0.2) is 5.10 Å². The molecule has 1 aromatic carbocycles. The van der Waals surface area contributed by atoms with Crippen molar-refractivity contribution in [3.05, 3.63) is 58.6 Å². The predicted molar refractivity (Wildman–Crippen MR) is 124 cm³/mol. The van der Waals surface area contributed by atoms with E-state index in [9.17, 15) is 4.79 Å². The fourth-order valence-corrected chi connectivity index (χ4v) is 5.23. The fourth-order valence-electron chi connectivity index (χ4n) is 5.23. The highest BCUT2D eigenvalue weighted by atomic mass is 16.5. The molecule has 2 aromatic heterocycles. The molecule has 0 saturated heterocycles. The van der Waals surface area contributed by atoms with Crippen molar-refractivity contribution in [3.63, 3.8) is 0 Å². The van der Waals surface area contributed by atoms with Gasteiger partial charge < -0.3 is 9.84 Å². The van der Waals surface area contributed by atoms with E-state index in [0.29, 0.717) is 5.41 Å². The number of benzene rings is 1. The monoisotopic (exact) mass is 433 g/mol. The Morgan fingerprint density at radius 1 is 1.06 bits per heavy atom. The number of hydrogen-bond acceptors (Lipinski definition) is 6. The van der Waals surface area contributed by atoms with Gasteiger partial charge in [-0.1, -0.05) is 38.1 Å². The molecule has 3 aliphatic rings. The minimum atomic E-state index is -0.191. The molecule has 2 heterocycles. The summed E-state index contributed by atoms with van der Waals surface area (Å²) in [6.45, 7) is 7.33. The molecule has 168 valence electrons. The summed E-state index contributed by atoms with van der Waals surface area (Å²) in [6.07, 6.45) is 8.53. The topological polar surface area (TPSA) is 96.7 Å². The number of H-pyrrole nitrogens is 1. The van der Waals surface area contributed by atoms with Gasteiger partial charge in [0.2, 0.25) is 5.89 Å². The van der Waals surface area contributed by atoms with Crippen LogP contribution in [0.3, 0.4) is 0 Å². The lowest BCUT2D eigenvalue weighted by atomic mass is 9.53. The van der Waals surface area contributed by atoms with Gasteiger partial charge in [-0.2, -0.15) is 10.1 Å². The van der Waals surface area contributed by atoms with Gasteiger partial charge in [0.1, 0.15) is 0 Å². The molecule has 0 aliphatic heterocycles. The number of nitrogens with zero attached hydrogens (tertiary/aromatic N) is 3. The second-order valence-electron chi connectivity index (χ2n) is 10.7. The summed E-state index contributed by atoms with van der Waals surface area (Å²) in [4.78, 5) is 16.4. The van der Waals surface area contributed by atoms with Crippen LogP contribution in [0.25, 0.3) is 11.1 Å². The highest BCUT2D eigenvalue weighted by molar-refractivity contribution is 5.67. The Morgan fingerprint density at radius 2 is 1.81 bits per heavy atom. The average molecular weight is 434 g/mol. The Morgan fingerprint density at radius 3 is 2.47 bits per heavy atom. The third kappa shape index (κ3) is 3.85. The van der Waals surface area contributed by atoms with Crippen molar-refractivity contribution in [2.24, 2.45) is 5.41 Å². The second-order valence-corrected chi connectivity index (χ2v) is 10.7. The largest absolute Gasteiger partial charge is 0.384 e. The van der Waals surface area contributed by atoms with Crippen molar-refractivity contribution < 1.29 is 4.52 Å². The van der Waals surface area contributed by atoms with Crippen LogP contribution in [-0.4, -0.2) is 26.9 Å². The molecule has 32 heavy (non-hydrogen) atoms. The van der Waals surface area contributed by atoms with Crippen LogP contribution in [0.4, 0.5) is 5.69 Å². The summed E-state index contributed by atoms with van der Waals surface area (Å²) in [6, 6.07) is 9.78. The van der Waals surface area contributed by atoms with Gasteiger partial charge in [-0.05, 0) is 61.6 Å². The van der Waals surface area contributed by atoms with E-state index in [1.165, 1.54) is 19.3 Å². The summed E-state index contributed by atoms with van der Waals surface area (Å²) < 4.78 is 5.77. The van der Waals surface area contributed by atoms with E-state index in [0.717, 1.165) is 54.3 Å². The van der Waals surface area contributed by atoms with E-state index in [-0.39, 0.29) is 16.4 Å². The van der Waals surface area contributed by atoms with Crippen LogP contribution in [0.1, 0.15) is 71.0 Å². The molecule has 2 N–H and O–H groups in total. The zero-order valence-corrected chi connectivity index (χ0v) is 19.1. The molecule has 7 nitrogen and oxygen atoms in total. The van der Waals surface area contributed by atoms with Gasteiger partial charge >= 0.3 is 0 Å². The van der Waals surface area contributed by atoms with Crippen molar-refractivity contribution in [1.82, 2.24) is 20.3 Å². The standard InChI is InChI=1S/C25H31N5O2/c1-23(2,3)21-28-22(32-30-21)25-10-7-24(8-11-25,9-12-25)16-26-19-6-4-5-17(13-19)18-14-20(31)29-27-15-18/h4-6,13-15,26H,7-12,16H2,1-3H3,(H,29,31). The number of rotatable bonds is 5. The van der Waals surface area contributed by atoms with Gasteiger partial charge in [-0.15, -0.1) is 0 Å². The van der Waals surface area contributed by atoms with E-state index < -0.39 is 0 Å². The molecule has 0 unspecified atom stereocenters. The number of hydrogen-bond donors (Lipinski definition) is 2. The van der Waals surface area contributed by atoms with E-state index in [4.69, 9.17) is 9.51 Å². The molecule has 3 aliphatic carbocycles. The first-order valence-electron chi connectivity index (χ1n) is 11.5. The van der Waals surface area contributed by atoms with Gasteiger partial charge in [-0.3, -0.25) is 4.79 Å². The molecule has 3 fully saturated rings. The van der Waals surface area contributed by atoms with E-state index in [1.807, 2.05) is 12.1 Å². The molecule has 0 amide bonds. The molecule has 6 rings (SSSR count). The van der Waals surface area contributed by atoms with Gasteiger partial charge in [0.15, 0.2) is 5.82 Å². The number of nitrogens with one attached hydrogen (secondary N) is 2. The molecule has 7 heteroatoms. The molecule has 2 bridgehead atoms. The average Bonchev–Trinajstić information content (AvgIpc) is 3.31. The third-order valence-electron chi connectivity index (χ3n) is 7.48. The van der Waals surface area contributed by atoms with Crippen LogP contribution in [0.15, 0.2) is 45.8 Å². The molecular weight excluding hydrogens is 402 g/mol. The summed E-state index contributed by atoms with van der Waals surface area (Å²) in [5.74, 6) is 1.66. The number of aromatic nitrogens is 4. The molecule has 3 aromatic rings. The van der Waals surface area contributed by atoms with Crippen LogP contribution < -0.4 is 10.9 Å². The molecule has 0 spiro atoms. The Bertz CT molecular complexity index is 1150. The lowest BCUT2D eigenvalue weighted by Gasteiger charge is -2.52. The molecular formula is C25H31N5O2. The zero-order chi connectivity index (χ0) is 22.4. The van der Waals surface area contributed by atoms with Crippen LogP contribution in [-0.2, 0) is 10.8 Å². The lowest BCUT2D eigenvalue weighted by molar-refractivity contribution is 0.0322. The second kappa shape index (κ2) is 7.57. The lowest BCUT2D eigenvalue weighted by Crippen LogP contribution is -2.47. The number of fused-ring (bicyclic) bond motifs is 3. The maximum Gasteiger partial charge on any atom is 0.264 e. The van der Waals surface area contributed by atoms with Crippen molar-refractivity contribution in [1.29, 1.82) is 0 Å². The number of aromatic amines is 1. The first-order chi connectivity index (χ1) is 15.3. The quantitative estimate of drug-likeness (QED) is 0.599. The summed E-state index contributed by atoms with van der Waals surface area (Å²) in [7, 11) is 0. The van der Waals surface area contributed by atoms with Gasteiger partial charge in [0.25, 0.3) is 5.56 Å². The van der Waals surface area contributed by atoms with Crippen molar-refractivity contribution in [3.8, 4) is 11.1 Å². The Kier molecular flexibility index (Phi) is 4.95. The van der Waals surface area contributed by atoms with Gasteiger partial charge in [0, 0.05) is 34.7 Å². The maximum absolute atomic E-state index is 11.6. The highest BCUT2D eigenvalue weighted by Gasteiger charge is 2.52. The summed E-state index contributed by atoms with van der Waals surface area (Å²) in [5.41, 5.74) is 2.98. The highest BCUT2D eigenvalue weighted by Crippen LogP contribution is 2.57. The molecule has 0 radical (unpaired) electrons. The fraction of sp³-hybridized carbons (Fsp3) is 0.520. The van der Waals surface area contributed by atoms with Crippen LogP contribution in [0.2, 0.25) is 0 Å². The minimum absolute atomic E-state index is 0.0610. The van der Waals surface area contributed by atoms with E-state index in [2.05, 4.69) is 53.6 Å². The smallest absolute Gasteiger partial charge is 0.264 e. The maximum atomic E-state index is 11.6. The SMILES string of the molecule is CC(C)(C)c1noc(C23CCC(CNc4cccc(-c5cn[nH]c(=O)c5)c4)(CC2)CC3)n1. The van der Waals surface area contributed by atoms with Crippen LogP contribution in [0.5, 0.6) is 0 Å². The van der Waals surface area contributed by atoms with Crippen molar-refractivity contribution in [2.75, 3.05) is 11.9 Å². The normalized spacial score (nSPS) is 25.1. The Labute approximate surface area is 188 Å². The summed E-state index contributed by atoms with van der Waals surface area (Å²) >= 11 is 0. The zero-order valence-electron chi connectivity index (χ0n) is 19.1. The van der Waals surface area contributed by atoms with Crippen molar-refractivity contribution >= 4 is 5.69 Å². The number of anilines is 1. The van der Waals surface area contributed by atoms with Crippen LogP contribution in [0, 0.1) is 5.41 Å². The predicted octanol–water partition coefficient (Wildman–Crippen LogP) is 4.82.